The van der Waals surface area contributed by atoms with Gasteiger partial charge in [0.2, 0.25) is 0 Å². The standard InChI is InChI=1S/C24H35PS/c1-2-3-4-5-6-7-8-9-10-17-22-25(26,23-18-13-11-14-19-23)24-20-15-12-16-21-24/h11-16,18-21H,2-10,17,22H2,1H3. The average Bonchev–Trinajstić information content (AvgIpc) is 2.70. The van der Waals surface area contributed by atoms with Gasteiger partial charge in [-0.3, -0.25) is 0 Å². The summed E-state index contributed by atoms with van der Waals surface area (Å²) in [7, 11) is 0. The lowest BCUT2D eigenvalue weighted by atomic mass is 10.1. The summed E-state index contributed by atoms with van der Waals surface area (Å²) < 4.78 is 0. The van der Waals surface area contributed by atoms with Gasteiger partial charge in [0, 0.05) is 6.04 Å². The maximum atomic E-state index is 6.31. The third kappa shape index (κ3) is 7.01. The van der Waals surface area contributed by atoms with Gasteiger partial charge in [-0.1, -0.05) is 137 Å². The highest BCUT2D eigenvalue weighted by Gasteiger charge is 2.21. The molecule has 2 aromatic carbocycles. The Balaban J connectivity index is 1.79. The van der Waals surface area contributed by atoms with Crippen LogP contribution in [-0.4, -0.2) is 6.16 Å². The van der Waals surface area contributed by atoms with E-state index in [0.29, 0.717) is 0 Å². The van der Waals surface area contributed by atoms with Crippen LogP contribution in [-0.2, 0) is 11.8 Å². The van der Waals surface area contributed by atoms with Crippen LogP contribution in [0.2, 0.25) is 0 Å². The zero-order valence-corrected chi connectivity index (χ0v) is 18.1. The molecule has 0 fully saturated rings. The molecule has 0 nitrogen and oxygen atoms in total. The normalized spacial score (nSPS) is 11.6. The third-order valence-electron chi connectivity index (χ3n) is 5.17. The largest absolute Gasteiger partial charge is 0.0876 e. The molecule has 0 aromatic heterocycles. The molecule has 0 heterocycles. The van der Waals surface area contributed by atoms with Crippen LogP contribution in [0.15, 0.2) is 60.7 Å². The molecule has 2 heteroatoms. The molecule has 0 aliphatic rings. The van der Waals surface area contributed by atoms with Gasteiger partial charge in [0.25, 0.3) is 0 Å². The van der Waals surface area contributed by atoms with Gasteiger partial charge in [-0.25, -0.2) is 0 Å². The number of rotatable bonds is 13. The van der Waals surface area contributed by atoms with E-state index in [-0.39, 0.29) is 0 Å². The number of hydrogen-bond acceptors (Lipinski definition) is 1. The number of benzene rings is 2. The summed E-state index contributed by atoms with van der Waals surface area (Å²) in [5.41, 5.74) is 0. The lowest BCUT2D eigenvalue weighted by Gasteiger charge is -2.23. The molecular formula is C24H35PS. The summed E-state index contributed by atoms with van der Waals surface area (Å²) in [5, 5.41) is 2.74. The van der Waals surface area contributed by atoms with Gasteiger partial charge < -0.3 is 0 Å². The van der Waals surface area contributed by atoms with Crippen molar-refractivity contribution in [1.82, 2.24) is 0 Å². The molecule has 0 aliphatic carbocycles. The van der Waals surface area contributed by atoms with Crippen LogP contribution >= 0.6 is 6.04 Å². The minimum absolute atomic E-state index is 1.16. The second-order valence-electron chi connectivity index (χ2n) is 7.32. The molecule has 0 bridgehead atoms. The van der Waals surface area contributed by atoms with Gasteiger partial charge in [0.05, 0.1) is 0 Å². The van der Waals surface area contributed by atoms with E-state index < -0.39 is 6.04 Å². The molecule has 0 unspecified atom stereocenters. The third-order valence-corrected chi connectivity index (χ3v) is 10.2. The summed E-state index contributed by atoms with van der Waals surface area (Å²) in [6.45, 7) is 2.28. The first-order valence-corrected chi connectivity index (χ1v) is 13.5. The predicted molar refractivity (Wildman–Crippen MR) is 123 cm³/mol. The molecule has 0 spiro atoms. The SMILES string of the molecule is CCCCCCCCCCCCP(=S)(c1ccccc1)c1ccccc1. The topological polar surface area (TPSA) is 0 Å². The van der Waals surface area contributed by atoms with Crippen molar-refractivity contribution >= 4 is 28.5 Å². The van der Waals surface area contributed by atoms with Crippen LogP contribution in [0, 0.1) is 0 Å². The fourth-order valence-corrected chi connectivity index (χ4v) is 7.48. The molecule has 0 radical (unpaired) electrons. The molecule has 0 saturated carbocycles. The Kier molecular flexibility index (Phi) is 10.3. The van der Waals surface area contributed by atoms with Crippen molar-refractivity contribution in [2.45, 2.75) is 71.1 Å². The van der Waals surface area contributed by atoms with Crippen molar-refractivity contribution in [3.05, 3.63) is 60.7 Å². The second kappa shape index (κ2) is 12.5. The van der Waals surface area contributed by atoms with Crippen LogP contribution in [0.5, 0.6) is 0 Å². The maximum absolute atomic E-state index is 6.31. The molecule has 26 heavy (non-hydrogen) atoms. The zero-order valence-electron chi connectivity index (χ0n) is 16.4. The van der Waals surface area contributed by atoms with E-state index in [9.17, 15) is 0 Å². The van der Waals surface area contributed by atoms with Crippen molar-refractivity contribution in [2.75, 3.05) is 6.16 Å². The van der Waals surface area contributed by atoms with Crippen LogP contribution in [0.4, 0.5) is 0 Å². The first-order valence-electron chi connectivity index (χ1n) is 10.5. The summed E-state index contributed by atoms with van der Waals surface area (Å²) in [4.78, 5) is 0. The molecule has 0 amide bonds. The van der Waals surface area contributed by atoms with E-state index in [1.54, 1.807) is 0 Å². The quantitative estimate of drug-likeness (QED) is 0.263. The lowest BCUT2D eigenvalue weighted by molar-refractivity contribution is 0.563. The van der Waals surface area contributed by atoms with Crippen molar-refractivity contribution in [3.63, 3.8) is 0 Å². The van der Waals surface area contributed by atoms with Gasteiger partial charge in [-0.2, -0.15) is 0 Å². The molecule has 0 atom stereocenters. The van der Waals surface area contributed by atoms with Gasteiger partial charge >= 0.3 is 0 Å². The van der Waals surface area contributed by atoms with Crippen molar-refractivity contribution in [2.24, 2.45) is 0 Å². The average molecular weight is 387 g/mol. The van der Waals surface area contributed by atoms with Crippen LogP contribution in [0.3, 0.4) is 0 Å². The Labute approximate surface area is 166 Å². The van der Waals surface area contributed by atoms with Crippen LogP contribution in [0.25, 0.3) is 0 Å². The van der Waals surface area contributed by atoms with E-state index in [0.717, 1.165) is 6.16 Å². The number of unbranched alkanes of at least 4 members (excludes halogenated alkanes) is 9. The van der Waals surface area contributed by atoms with E-state index in [2.05, 4.69) is 67.6 Å². The van der Waals surface area contributed by atoms with E-state index in [1.165, 1.54) is 74.8 Å². The first kappa shape index (κ1) is 21.4. The minimum atomic E-state index is -1.66. The fourth-order valence-electron chi connectivity index (χ4n) is 3.57. The van der Waals surface area contributed by atoms with Crippen molar-refractivity contribution in [1.29, 1.82) is 0 Å². The zero-order chi connectivity index (χ0) is 18.5. The lowest BCUT2D eigenvalue weighted by Crippen LogP contribution is -2.18. The Hall–Kier alpha value is -0.910. The Bertz CT molecular complexity index is 592. The van der Waals surface area contributed by atoms with Gasteiger partial charge in [-0.15, -0.1) is 0 Å². The molecule has 0 N–H and O–H groups in total. The summed E-state index contributed by atoms with van der Waals surface area (Å²) in [6.07, 6.45) is 14.9. The highest BCUT2D eigenvalue weighted by Crippen LogP contribution is 2.44. The number of hydrogen-bond donors (Lipinski definition) is 0. The monoisotopic (exact) mass is 386 g/mol. The highest BCUT2D eigenvalue weighted by atomic mass is 32.4. The first-order chi connectivity index (χ1) is 12.8. The second-order valence-corrected chi connectivity index (χ2v) is 12.1. The molecule has 142 valence electrons. The Morgan fingerprint density at radius 3 is 1.38 bits per heavy atom. The van der Waals surface area contributed by atoms with Gasteiger partial charge in [0.15, 0.2) is 0 Å². The molecule has 0 aliphatic heterocycles. The molecule has 2 rings (SSSR count). The fraction of sp³-hybridized carbons (Fsp3) is 0.500. The smallest absolute Gasteiger partial charge is 0.0106 e. The van der Waals surface area contributed by atoms with Crippen LogP contribution in [0.1, 0.15) is 71.1 Å². The summed E-state index contributed by atoms with van der Waals surface area (Å²) >= 11 is 6.31. The van der Waals surface area contributed by atoms with Gasteiger partial charge in [0.1, 0.15) is 0 Å². The van der Waals surface area contributed by atoms with Crippen LogP contribution < -0.4 is 10.6 Å². The molecule has 2 aromatic rings. The molecule has 0 saturated heterocycles. The summed E-state index contributed by atoms with van der Waals surface area (Å²) in [6, 6.07) is 20.0. The van der Waals surface area contributed by atoms with E-state index >= 15 is 0 Å². The molecular weight excluding hydrogens is 351 g/mol. The summed E-state index contributed by atoms with van der Waals surface area (Å²) in [5.74, 6) is 0. The Morgan fingerprint density at radius 2 is 0.962 bits per heavy atom. The van der Waals surface area contributed by atoms with Crippen molar-refractivity contribution < 1.29 is 0 Å². The minimum Gasteiger partial charge on any atom is -0.0876 e. The van der Waals surface area contributed by atoms with E-state index in [4.69, 9.17) is 11.8 Å². The Morgan fingerprint density at radius 1 is 0.577 bits per heavy atom. The highest BCUT2D eigenvalue weighted by molar-refractivity contribution is 8.21. The van der Waals surface area contributed by atoms with Crippen molar-refractivity contribution in [3.8, 4) is 0 Å². The predicted octanol–water partition coefficient (Wildman–Crippen LogP) is 7.04. The van der Waals surface area contributed by atoms with E-state index in [1.807, 2.05) is 0 Å². The van der Waals surface area contributed by atoms with Gasteiger partial charge in [-0.05, 0) is 23.2 Å². The maximum Gasteiger partial charge on any atom is 0.0106 e.